The highest BCUT2D eigenvalue weighted by Gasteiger charge is 2.23. The second-order valence-corrected chi connectivity index (χ2v) is 4.82. The van der Waals surface area contributed by atoms with Gasteiger partial charge in [0.05, 0.1) is 5.60 Å². The van der Waals surface area contributed by atoms with Crippen LogP contribution < -0.4 is 5.73 Å². The molecule has 0 bridgehead atoms. The number of aliphatic hydroxyl groups excluding tert-OH is 1. The zero-order valence-corrected chi connectivity index (χ0v) is 10.9. The van der Waals surface area contributed by atoms with Gasteiger partial charge in [0.1, 0.15) is 0 Å². The SMILES string of the molecule is CC(CN)(Cc1ccc(Cl)cc1)OCCCO. The van der Waals surface area contributed by atoms with Gasteiger partial charge in [-0.05, 0) is 31.0 Å². The zero-order valence-electron chi connectivity index (χ0n) is 10.2. The summed E-state index contributed by atoms with van der Waals surface area (Å²) in [6, 6.07) is 7.68. The van der Waals surface area contributed by atoms with Crippen LogP contribution in [0.5, 0.6) is 0 Å². The van der Waals surface area contributed by atoms with Crippen molar-refractivity contribution < 1.29 is 9.84 Å². The second kappa shape index (κ2) is 6.97. The number of hydrogen-bond donors (Lipinski definition) is 2. The number of ether oxygens (including phenoxy) is 1. The van der Waals surface area contributed by atoms with Crippen LogP contribution in [0.15, 0.2) is 24.3 Å². The van der Waals surface area contributed by atoms with Crippen LogP contribution in [0, 0.1) is 0 Å². The van der Waals surface area contributed by atoms with Gasteiger partial charge in [0.15, 0.2) is 0 Å². The van der Waals surface area contributed by atoms with Crippen molar-refractivity contribution in [2.75, 3.05) is 19.8 Å². The number of rotatable bonds is 7. The molecule has 1 aromatic rings. The Balaban J connectivity index is 2.58. The molecule has 1 atom stereocenters. The Morgan fingerprint density at radius 1 is 1.35 bits per heavy atom. The lowest BCUT2D eigenvalue weighted by molar-refractivity contribution is -0.0292. The Hall–Kier alpha value is -0.610. The average Bonchev–Trinajstić information content (AvgIpc) is 2.33. The minimum absolute atomic E-state index is 0.140. The van der Waals surface area contributed by atoms with Crippen LogP contribution in [-0.4, -0.2) is 30.5 Å². The molecule has 0 aliphatic carbocycles. The predicted molar refractivity (Wildman–Crippen MR) is 70.3 cm³/mol. The van der Waals surface area contributed by atoms with Gasteiger partial charge in [-0.1, -0.05) is 23.7 Å². The topological polar surface area (TPSA) is 55.5 Å². The van der Waals surface area contributed by atoms with Gasteiger partial charge in [-0.2, -0.15) is 0 Å². The molecule has 0 saturated carbocycles. The molecule has 3 nitrogen and oxygen atoms in total. The molecule has 1 unspecified atom stereocenters. The highest BCUT2D eigenvalue weighted by molar-refractivity contribution is 6.30. The molecule has 17 heavy (non-hydrogen) atoms. The average molecular weight is 258 g/mol. The summed E-state index contributed by atoms with van der Waals surface area (Å²) < 4.78 is 5.74. The lowest BCUT2D eigenvalue weighted by atomic mass is 9.96. The molecule has 96 valence electrons. The maximum absolute atomic E-state index is 8.73. The first-order valence-electron chi connectivity index (χ1n) is 5.79. The van der Waals surface area contributed by atoms with Gasteiger partial charge >= 0.3 is 0 Å². The van der Waals surface area contributed by atoms with Crippen LogP contribution >= 0.6 is 11.6 Å². The smallest absolute Gasteiger partial charge is 0.0816 e. The fraction of sp³-hybridized carbons (Fsp3) is 0.538. The summed E-state index contributed by atoms with van der Waals surface area (Å²) in [6.07, 6.45) is 1.38. The standard InChI is InChI=1S/C13H20ClNO2/c1-13(10-15,17-8-2-7-16)9-11-3-5-12(14)6-4-11/h3-6,16H,2,7-10,15H2,1H3. The molecule has 4 heteroatoms. The van der Waals surface area contributed by atoms with E-state index in [1.54, 1.807) is 0 Å². The zero-order chi connectivity index (χ0) is 12.7. The molecule has 0 aliphatic rings. The molecule has 1 rings (SSSR count). The summed E-state index contributed by atoms with van der Waals surface area (Å²) in [5.74, 6) is 0. The molecule has 0 heterocycles. The fourth-order valence-electron chi connectivity index (χ4n) is 1.60. The van der Waals surface area contributed by atoms with Crippen LogP contribution in [0.3, 0.4) is 0 Å². The maximum atomic E-state index is 8.73. The normalized spacial score (nSPS) is 14.6. The van der Waals surface area contributed by atoms with Crippen molar-refractivity contribution in [3.8, 4) is 0 Å². The Bertz CT molecular complexity index is 329. The van der Waals surface area contributed by atoms with Crippen molar-refractivity contribution in [2.24, 2.45) is 5.73 Å². The number of aliphatic hydroxyl groups is 1. The highest BCUT2D eigenvalue weighted by Crippen LogP contribution is 2.18. The molecular formula is C13H20ClNO2. The van der Waals surface area contributed by atoms with Crippen molar-refractivity contribution in [3.05, 3.63) is 34.9 Å². The number of hydrogen-bond acceptors (Lipinski definition) is 3. The van der Waals surface area contributed by atoms with Gasteiger partial charge < -0.3 is 15.6 Å². The van der Waals surface area contributed by atoms with Crippen LogP contribution in [0.2, 0.25) is 5.02 Å². The first-order valence-corrected chi connectivity index (χ1v) is 6.17. The molecule has 0 spiro atoms. The first kappa shape index (κ1) is 14.5. The molecule has 0 saturated heterocycles. The Morgan fingerprint density at radius 2 is 2.00 bits per heavy atom. The van der Waals surface area contributed by atoms with Crippen LogP contribution in [0.1, 0.15) is 18.9 Å². The summed E-state index contributed by atoms with van der Waals surface area (Å²) in [6.45, 7) is 3.10. The van der Waals surface area contributed by atoms with Gasteiger partial charge in [0.2, 0.25) is 0 Å². The van der Waals surface area contributed by atoms with E-state index >= 15 is 0 Å². The molecule has 0 aromatic heterocycles. The third-order valence-corrected chi connectivity index (χ3v) is 2.93. The minimum Gasteiger partial charge on any atom is -0.396 e. The Kier molecular flexibility index (Phi) is 5.92. The van der Waals surface area contributed by atoms with Crippen molar-refractivity contribution in [1.82, 2.24) is 0 Å². The number of nitrogens with two attached hydrogens (primary N) is 1. The molecule has 0 fully saturated rings. The molecule has 0 amide bonds. The van der Waals surface area contributed by atoms with Crippen molar-refractivity contribution >= 4 is 11.6 Å². The molecule has 3 N–H and O–H groups in total. The highest BCUT2D eigenvalue weighted by atomic mass is 35.5. The van der Waals surface area contributed by atoms with Crippen LogP contribution in [-0.2, 0) is 11.2 Å². The van der Waals surface area contributed by atoms with E-state index in [-0.39, 0.29) is 12.2 Å². The molecule has 0 aliphatic heterocycles. The largest absolute Gasteiger partial charge is 0.396 e. The van der Waals surface area contributed by atoms with Crippen molar-refractivity contribution in [2.45, 2.75) is 25.4 Å². The minimum atomic E-state index is -0.386. The quantitative estimate of drug-likeness (QED) is 0.735. The van der Waals surface area contributed by atoms with Gasteiger partial charge in [-0.3, -0.25) is 0 Å². The third-order valence-electron chi connectivity index (χ3n) is 2.68. The maximum Gasteiger partial charge on any atom is 0.0816 e. The Morgan fingerprint density at radius 3 is 2.53 bits per heavy atom. The summed E-state index contributed by atoms with van der Waals surface area (Å²) in [5.41, 5.74) is 6.51. The lowest BCUT2D eigenvalue weighted by Crippen LogP contribution is -2.40. The van der Waals surface area contributed by atoms with E-state index in [0.717, 1.165) is 17.0 Å². The third kappa shape index (κ3) is 5.04. The van der Waals surface area contributed by atoms with Gasteiger partial charge in [-0.25, -0.2) is 0 Å². The summed E-state index contributed by atoms with van der Waals surface area (Å²) in [5, 5.41) is 9.46. The Labute approximate surface area is 108 Å². The van der Waals surface area contributed by atoms with Crippen molar-refractivity contribution in [1.29, 1.82) is 0 Å². The van der Waals surface area contributed by atoms with E-state index in [2.05, 4.69) is 0 Å². The predicted octanol–water partition coefficient (Wildman–Crippen LogP) is 2.00. The summed E-state index contributed by atoms with van der Waals surface area (Å²) in [4.78, 5) is 0. The number of benzene rings is 1. The number of halogens is 1. The van der Waals surface area contributed by atoms with E-state index < -0.39 is 0 Å². The van der Waals surface area contributed by atoms with Crippen LogP contribution in [0.4, 0.5) is 0 Å². The van der Waals surface area contributed by atoms with Gasteiger partial charge in [0.25, 0.3) is 0 Å². The van der Waals surface area contributed by atoms with E-state index in [4.69, 9.17) is 27.2 Å². The van der Waals surface area contributed by atoms with Crippen LogP contribution in [0.25, 0.3) is 0 Å². The molecular weight excluding hydrogens is 238 g/mol. The van der Waals surface area contributed by atoms with E-state index in [0.29, 0.717) is 19.6 Å². The fourth-order valence-corrected chi connectivity index (χ4v) is 1.73. The van der Waals surface area contributed by atoms with Gasteiger partial charge in [0, 0.05) is 31.2 Å². The van der Waals surface area contributed by atoms with E-state index in [1.165, 1.54) is 0 Å². The summed E-state index contributed by atoms with van der Waals surface area (Å²) in [7, 11) is 0. The molecule has 0 radical (unpaired) electrons. The van der Waals surface area contributed by atoms with Gasteiger partial charge in [-0.15, -0.1) is 0 Å². The molecule has 1 aromatic carbocycles. The summed E-state index contributed by atoms with van der Waals surface area (Å²) >= 11 is 5.84. The first-order chi connectivity index (χ1) is 8.09. The van der Waals surface area contributed by atoms with E-state index in [1.807, 2.05) is 31.2 Å². The van der Waals surface area contributed by atoms with E-state index in [9.17, 15) is 0 Å². The monoisotopic (exact) mass is 257 g/mol. The lowest BCUT2D eigenvalue weighted by Gasteiger charge is -2.28. The van der Waals surface area contributed by atoms with Crippen molar-refractivity contribution in [3.63, 3.8) is 0 Å². The second-order valence-electron chi connectivity index (χ2n) is 4.38.